The minimum atomic E-state index is 0.242. The zero-order valence-electron chi connectivity index (χ0n) is 15.5. The molecule has 2 aliphatic carbocycles. The molecule has 1 atom stereocenters. The maximum Gasteiger partial charge on any atom is 0.220 e. The van der Waals surface area contributed by atoms with Gasteiger partial charge in [-0.25, -0.2) is 0 Å². The Morgan fingerprint density at radius 2 is 1.96 bits per heavy atom. The normalized spacial score (nSPS) is 25.6. The van der Waals surface area contributed by atoms with Crippen LogP contribution in [0.15, 0.2) is 24.3 Å². The van der Waals surface area contributed by atoms with Crippen LogP contribution in [0.4, 0.5) is 0 Å². The highest BCUT2D eigenvalue weighted by Crippen LogP contribution is 2.46. The summed E-state index contributed by atoms with van der Waals surface area (Å²) in [7, 11) is 2.20. The molecule has 4 nitrogen and oxygen atoms in total. The van der Waals surface area contributed by atoms with Crippen molar-refractivity contribution in [3.63, 3.8) is 0 Å². The number of benzene rings is 1. The average molecular weight is 341 g/mol. The highest BCUT2D eigenvalue weighted by Gasteiger charge is 2.44. The van der Waals surface area contributed by atoms with Gasteiger partial charge in [0, 0.05) is 51.1 Å². The summed E-state index contributed by atoms with van der Waals surface area (Å²) >= 11 is 0. The van der Waals surface area contributed by atoms with E-state index >= 15 is 0 Å². The van der Waals surface area contributed by atoms with Crippen LogP contribution < -0.4 is 5.32 Å². The maximum atomic E-state index is 12.5. The lowest BCUT2D eigenvalue weighted by Crippen LogP contribution is -2.48. The number of nitrogens with one attached hydrogen (secondary N) is 1. The summed E-state index contributed by atoms with van der Waals surface area (Å²) < 4.78 is 0. The number of likely N-dealkylation sites (N-methyl/N-ethyl adjacent to an activating group) is 1. The molecule has 1 aliphatic heterocycles. The molecular weight excluding hydrogens is 310 g/mol. The third-order valence-electron chi connectivity index (χ3n) is 6.46. The number of aryl methyl sites for hydroxylation is 1. The molecule has 1 amide bonds. The van der Waals surface area contributed by atoms with Crippen LogP contribution in [-0.2, 0) is 11.2 Å². The summed E-state index contributed by atoms with van der Waals surface area (Å²) in [6.07, 6.45) is 5.44. The van der Waals surface area contributed by atoms with Gasteiger partial charge in [0.2, 0.25) is 5.91 Å². The van der Waals surface area contributed by atoms with Crippen molar-refractivity contribution >= 4 is 5.91 Å². The fourth-order valence-corrected chi connectivity index (χ4v) is 4.49. The predicted molar refractivity (Wildman–Crippen MR) is 101 cm³/mol. The van der Waals surface area contributed by atoms with Crippen molar-refractivity contribution in [2.45, 2.75) is 38.0 Å². The average Bonchev–Trinajstić information content (AvgIpc) is 3.28. The van der Waals surface area contributed by atoms with Gasteiger partial charge in [-0.2, -0.15) is 0 Å². The Balaban J connectivity index is 1.24. The molecule has 2 fully saturated rings. The van der Waals surface area contributed by atoms with Gasteiger partial charge in [-0.15, -0.1) is 0 Å². The smallest absolute Gasteiger partial charge is 0.220 e. The molecule has 1 aromatic rings. The molecule has 1 aromatic carbocycles. The molecule has 4 rings (SSSR count). The highest BCUT2D eigenvalue weighted by molar-refractivity contribution is 5.77. The van der Waals surface area contributed by atoms with Gasteiger partial charge in [0.15, 0.2) is 0 Å². The fraction of sp³-hybridized carbons (Fsp3) is 0.667. The summed E-state index contributed by atoms with van der Waals surface area (Å²) in [5, 5.41) is 3.27. The molecule has 4 heteroatoms. The lowest BCUT2D eigenvalue weighted by Gasteiger charge is -2.35. The van der Waals surface area contributed by atoms with Crippen LogP contribution in [0.1, 0.15) is 42.7 Å². The maximum absolute atomic E-state index is 12.5. The quantitative estimate of drug-likeness (QED) is 0.862. The molecule has 0 aromatic heterocycles. The Morgan fingerprint density at radius 1 is 1.20 bits per heavy atom. The number of piperazine rings is 1. The number of carbonyl (C=O) groups excluding carboxylic acids is 1. The second kappa shape index (κ2) is 7.08. The van der Waals surface area contributed by atoms with Gasteiger partial charge in [0.05, 0.1) is 0 Å². The first-order valence-electron chi connectivity index (χ1n) is 9.89. The Hall–Kier alpha value is -1.39. The molecule has 1 heterocycles. The van der Waals surface area contributed by atoms with E-state index in [1.807, 2.05) is 0 Å². The van der Waals surface area contributed by atoms with Gasteiger partial charge >= 0.3 is 0 Å². The number of rotatable bonds is 6. The molecule has 25 heavy (non-hydrogen) atoms. The van der Waals surface area contributed by atoms with Gasteiger partial charge in [-0.1, -0.05) is 24.3 Å². The molecule has 1 saturated heterocycles. The summed E-state index contributed by atoms with van der Waals surface area (Å²) in [5.74, 6) is 0.662. The molecule has 1 saturated carbocycles. The Labute approximate surface area is 151 Å². The van der Waals surface area contributed by atoms with Crippen molar-refractivity contribution in [1.82, 2.24) is 15.1 Å². The van der Waals surface area contributed by atoms with E-state index in [1.165, 1.54) is 50.1 Å². The number of carbonyl (C=O) groups is 1. The summed E-state index contributed by atoms with van der Waals surface area (Å²) in [6, 6.07) is 8.62. The van der Waals surface area contributed by atoms with E-state index in [1.54, 1.807) is 0 Å². The number of hydrogen-bond acceptors (Lipinski definition) is 3. The lowest BCUT2D eigenvalue weighted by molar-refractivity contribution is -0.121. The van der Waals surface area contributed by atoms with Crippen molar-refractivity contribution in [3.8, 4) is 0 Å². The van der Waals surface area contributed by atoms with Gasteiger partial charge in [0.1, 0.15) is 0 Å². The zero-order chi connectivity index (χ0) is 17.3. The van der Waals surface area contributed by atoms with Gasteiger partial charge in [-0.3, -0.25) is 4.79 Å². The third kappa shape index (κ3) is 4.06. The largest absolute Gasteiger partial charge is 0.355 e. The van der Waals surface area contributed by atoms with Crippen molar-refractivity contribution in [2.24, 2.45) is 5.41 Å². The first-order valence-corrected chi connectivity index (χ1v) is 9.89. The number of fused-ring (bicyclic) bond motifs is 1. The van der Waals surface area contributed by atoms with E-state index < -0.39 is 0 Å². The molecular formula is C21H31N3O. The Bertz CT molecular complexity index is 617. The van der Waals surface area contributed by atoms with Crippen LogP contribution in [0.25, 0.3) is 0 Å². The van der Waals surface area contributed by atoms with Crippen molar-refractivity contribution in [1.29, 1.82) is 0 Å². The van der Waals surface area contributed by atoms with E-state index in [4.69, 9.17) is 0 Å². The number of amides is 1. The molecule has 0 radical (unpaired) electrons. The standard InChI is InChI=1S/C21H31N3O/c1-23-10-12-24(13-11-23)16-21(8-9-21)15-22-20(25)14-18-7-6-17-4-2-3-5-19(17)18/h2-5,18H,6-16H2,1H3,(H,22,25). The number of nitrogens with zero attached hydrogens (tertiary/aromatic N) is 2. The molecule has 0 spiro atoms. The van der Waals surface area contributed by atoms with Gasteiger partial charge in [-0.05, 0) is 49.8 Å². The van der Waals surface area contributed by atoms with Crippen LogP contribution in [0, 0.1) is 5.41 Å². The van der Waals surface area contributed by atoms with Crippen molar-refractivity contribution < 1.29 is 4.79 Å². The van der Waals surface area contributed by atoms with Crippen LogP contribution in [0.5, 0.6) is 0 Å². The highest BCUT2D eigenvalue weighted by atomic mass is 16.1. The number of hydrogen-bond donors (Lipinski definition) is 1. The molecule has 3 aliphatic rings. The van der Waals surface area contributed by atoms with E-state index in [9.17, 15) is 4.79 Å². The van der Waals surface area contributed by atoms with E-state index in [-0.39, 0.29) is 5.91 Å². The van der Waals surface area contributed by atoms with Crippen LogP contribution in [-0.4, -0.2) is 62.0 Å². The second-order valence-electron chi connectivity index (χ2n) is 8.49. The molecule has 1 unspecified atom stereocenters. The molecule has 1 N–H and O–H groups in total. The minimum absolute atomic E-state index is 0.242. The molecule has 0 bridgehead atoms. The van der Waals surface area contributed by atoms with Crippen molar-refractivity contribution in [2.75, 3.05) is 46.3 Å². The summed E-state index contributed by atoms with van der Waals surface area (Å²) in [5.41, 5.74) is 3.20. The summed E-state index contributed by atoms with van der Waals surface area (Å²) in [6.45, 7) is 6.71. The first kappa shape index (κ1) is 17.0. The van der Waals surface area contributed by atoms with E-state index in [0.717, 1.165) is 25.9 Å². The fourth-order valence-electron chi connectivity index (χ4n) is 4.49. The SMILES string of the molecule is CN1CCN(CC2(CNC(=O)CC3CCc4ccccc43)CC2)CC1. The van der Waals surface area contributed by atoms with E-state index in [2.05, 4.69) is 46.4 Å². The van der Waals surface area contributed by atoms with E-state index in [0.29, 0.717) is 17.8 Å². The minimum Gasteiger partial charge on any atom is -0.355 e. The van der Waals surface area contributed by atoms with Gasteiger partial charge < -0.3 is 15.1 Å². The molecule has 136 valence electrons. The Kier molecular flexibility index (Phi) is 4.83. The van der Waals surface area contributed by atoms with Gasteiger partial charge in [0.25, 0.3) is 0 Å². The van der Waals surface area contributed by atoms with Crippen LogP contribution >= 0.6 is 0 Å². The lowest BCUT2D eigenvalue weighted by atomic mass is 9.97. The summed E-state index contributed by atoms with van der Waals surface area (Å²) in [4.78, 5) is 17.5. The van der Waals surface area contributed by atoms with Crippen LogP contribution in [0.3, 0.4) is 0 Å². The van der Waals surface area contributed by atoms with Crippen LogP contribution in [0.2, 0.25) is 0 Å². The second-order valence-corrected chi connectivity index (χ2v) is 8.49. The first-order chi connectivity index (χ1) is 12.1. The Morgan fingerprint density at radius 3 is 2.72 bits per heavy atom. The topological polar surface area (TPSA) is 35.6 Å². The zero-order valence-corrected chi connectivity index (χ0v) is 15.5. The predicted octanol–water partition coefficient (Wildman–Crippen LogP) is 2.25. The van der Waals surface area contributed by atoms with Crippen molar-refractivity contribution in [3.05, 3.63) is 35.4 Å². The third-order valence-corrected chi connectivity index (χ3v) is 6.46. The monoisotopic (exact) mass is 341 g/mol.